The van der Waals surface area contributed by atoms with Crippen molar-refractivity contribution in [3.63, 3.8) is 0 Å². The second-order valence-electron chi connectivity index (χ2n) is 3.60. The molecule has 0 radical (unpaired) electrons. The van der Waals surface area contributed by atoms with E-state index in [9.17, 15) is 14.9 Å². The van der Waals surface area contributed by atoms with Gasteiger partial charge < -0.3 is 9.47 Å². The molecule has 0 aliphatic heterocycles. The lowest BCUT2D eigenvalue weighted by molar-refractivity contribution is -0.384. The molecule has 18 heavy (non-hydrogen) atoms. The Labute approximate surface area is 105 Å². The smallest absolute Gasteiger partial charge is 0.335 e. The van der Waals surface area contributed by atoms with E-state index in [0.717, 1.165) is 5.56 Å². The molecule has 0 amide bonds. The Morgan fingerprint density at radius 3 is 2.44 bits per heavy atom. The highest BCUT2D eigenvalue weighted by Crippen LogP contribution is 2.14. The van der Waals surface area contributed by atoms with Crippen molar-refractivity contribution in [2.45, 2.75) is 19.4 Å². The highest BCUT2D eigenvalue weighted by atomic mass is 16.6. The Morgan fingerprint density at radius 1 is 1.39 bits per heavy atom. The minimum Gasteiger partial charge on any atom is -0.464 e. The van der Waals surface area contributed by atoms with Crippen LogP contribution in [-0.2, 0) is 20.7 Å². The summed E-state index contributed by atoms with van der Waals surface area (Å²) in [4.78, 5) is 21.5. The minimum atomic E-state index is -0.689. The number of nitro benzene ring substituents is 1. The second kappa shape index (κ2) is 6.70. The summed E-state index contributed by atoms with van der Waals surface area (Å²) in [6, 6.07) is 5.99. The Kier molecular flexibility index (Phi) is 5.26. The molecule has 1 rings (SSSR count). The molecule has 0 heterocycles. The van der Waals surface area contributed by atoms with Crippen LogP contribution in [0.15, 0.2) is 24.3 Å². The van der Waals surface area contributed by atoms with Crippen molar-refractivity contribution >= 4 is 11.7 Å². The molecule has 98 valence electrons. The third-order valence-electron chi connectivity index (χ3n) is 2.40. The van der Waals surface area contributed by atoms with Crippen molar-refractivity contribution < 1.29 is 19.2 Å². The molecule has 6 nitrogen and oxygen atoms in total. The molecule has 0 spiro atoms. The number of esters is 1. The van der Waals surface area contributed by atoms with E-state index in [0.29, 0.717) is 13.0 Å². The molecule has 1 atom stereocenters. The maximum absolute atomic E-state index is 11.5. The van der Waals surface area contributed by atoms with Gasteiger partial charge in [0.2, 0.25) is 0 Å². The SMILES string of the molecule is CCOC(=O)C(Cc1ccc([N+](=O)[O-])cc1)OC. The number of carbonyl (C=O) groups is 1. The first-order valence-corrected chi connectivity index (χ1v) is 5.51. The van der Waals surface area contributed by atoms with Gasteiger partial charge in [0.1, 0.15) is 0 Å². The summed E-state index contributed by atoms with van der Waals surface area (Å²) in [5, 5.41) is 10.5. The van der Waals surface area contributed by atoms with Crippen molar-refractivity contribution in [2.75, 3.05) is 13.7 Å². The van der Waals surface area contributed by atoms with Crippen LogP contribution in [0.3, 0.4) is 0 Å². The summed E-state index contributed by atoms with van der Waals surface area (Å²) in [5.41, 5.74) is 0.796. The zero-order valence-electron chi connectivity index (χ0n) is 10.3. The van der Waals surface area contributed by atoms with E-state index in [1.165, 1.54) is 19.2 Å². The Morgan fingerprint density at radius 2 is 2.00 bits per heavy atom. The van der Waals surface area contributed by atoms with Gasteiger partial charge in [-0.25, -0.2) is 4.79 Å². The topological polar surface area (TPSA) is 78.7 Å². The van der Waals surface area contributed by atoms with Gasteiger partial charge in [-0.05, 0) is 12.5 Å². The van der Waals surface area contributed by atoms with Crippen LogP contribution in [0.5, 0.6) is 0 Å². The molecule has 0 saturated carbocycles. The van der Waals surface area contributed by atoms with Gasteiger partial charge >= 0.3 is 5.97 Å². The first-order valence-electron chi connectivity index (χ1n) is 5.51. The van der Waals surface area contributed by atoms with Crippen LogP contribution in [0.2, 0.25) is 0 Å². The van der Waals surface area contributed by atoms with Gasteiger partial charge in [0.15, 0.2) is 6.10 Å². The number of hydrogen-bond acceptors (Lipinski definition) is 5. The van der Waals surface area contributed by atoms with Crippen molar-refractivity contribution in [3.05, 3.63) is 39.9 Å². The molecule has 0 bridgehead atoms. The lowest BCUT2D eigenvalue weighted by Gasteiger charge is -2.13. The number of methoxy groups -OCH3 is 1. The Hall–Kier alpha value is -1.95. The number of non-ortho nitro benzene ring substituents is 1. The predicted octanol–water partition coefficient (Wildman–Crippen LogP) is 1.72. The monoisotopic (exact) mass is 253 g/mol. The maximum atomic E-state index is 11.5. The molecule has 1 aromatic carbocycles. The van der Waals surface area contributed by atoms with E-state index in [2.05, 4.69) is 0 Å². The van der Waals surface area contributed by atoms with Crippen LogP contribution in [-0.4, -0.2) is 30.7 Å². The Bertz CT molecular complexity index is 415. The van der Waals surface area contributed by atoms with Crippen LogP contribution >= 0.6 is 0 Å². The van der Waals surface area contributed by atoms with Crippen molar-refractivity contribution in [2.24, 2.45) is 0 Å². The second-order valence-corrected chi connectivity index (χ2v) is 3.60. The third-order valence-corrected chi connectivity index (χ3v) is 2.40. The van der Waals surface area contributed by atoms with Gasteiger partial charge in [-0.15, -0.1) is 0 Å². The quantitative estimate of drug-likeness (QED) is 0.438. The normalized spacial score (nSPS) is 11.9. The minimum absolute atomic E-state index is 0.0175. The van der Waals surface area contributed by atoms with Crippen molar-refractivity contribution in [1.29, 1.82) is 0 Å². The number of benzene rings is 1. The fourth-order valence-corrected chi connectivity index (χ4v) is 1.47. The van der Waals surface area contributed by atoms with E-state index in [-0.39, 0.29) is 5.69 Å². The number of carbonyl (C=O) groups excluding carboxylic acids is 1. The zero-order chi connectivity index (χ0) is 13.5. The van der Waals surface area contributed by atoms with Gasteiger partial charge in [0.25, 0.3) is 5.69 Å². The lowest BCUT2D eigenvalue weighted by atomic mass is 10.1. The highest BCUT2D eigenvalue weighted by Gasteiger charge is 2.19. The summed E-state index contributed by atoms with van der Waals surface area (Å²) < 4.78 is 9.89. The number of nitro groups is 1. The third kappa shape index (κ3) is 3.81. The molecule has 0 aliphatic carbocycles. The van der Waals surface area contributed by atoms with Crippen LogP contribution in [0.4, 0.5) is 5.69 Å². The van der Waals surface area contributed by atoms with E-state index >= 15 is 0 Å². The first kappa shape index (κ1) is 14.1. The molecule has 0 aliphatic rings. The molecule has 0 N–H and O–H groups in total. The number of ether oxygens (including phenoxy) is 2. The number of nitrogens with zero attached hydrogens (tertiary/aromatic N) is 1. The van der Waals surface area contributed by atoms with E-state index in [1.807, 2.05) is 0 Å². The van der Waals surface area contributed by atoms with Crippen LogP contribution < -0.4 is 0 Å². The molecule has 6 heteroatoms. The zero-order valence-corrected chi connectivity index (χ0v) is 10.3. The molecular formula is C12H15NO5. The van der Waals surface area contributed by atoms with Crippen molar-refractivity contribution in [3.8, 4) is 0 Å². The summed E-state index contributed by atoms with van der Waals surface area (Å²) >= 11 is 0. The van der Waals surface area contributed by atoms with Gasteiger partial charge in [-0.3, -0.25) is 10.1 Å². The van der Waals surface area contributed by atoms with E-state index < -0.39 is 17.0 Å². The fraction of sp³-hybridized carbons (Fsp3) is 0.417. The maximum Gasteiger partial charge on any atom is 0.335 e. The van der Waals surface area contributed by atoms with Crippen molar-refractivity contribution in [1.82, 2.24) is 0 Å². The molecule has 1 unspecified atom stereocenters. The Balaban J connectivity index is 2.70. The lowest BCUT2D eigenvalue weighted by Crippen LogP contribution is -2.27. The molecule has 0 fully saturated rings. The van der Waals surface area contributed by atoms with Crippen LogP contribution in [0.1, 0.15) is 12.5 Å². The number of rotatable bonds is 6. The average Bonchev–Trinajstić information content (AvgIpc) is 2.36. The number of hydrogen-bond donors (Lipinski definition) is 0. The summed E-state index contributed by atoms with van der Waals surface area (Å²) in [5.74, 6) is -0.432. The first-order chi connectivity index (χ1) is 8.58. The predicted molar refractivity (Wildman–Crippen MR) is 64.2 cm³/mol. The molecular weight excluding hydrogens is 238 g/mol. The fourth-order valence-electron chi connectivity index (χ4n) is 1.47. The molecule has 0 saturated heterocycles. The van der Waals surface area contributed by atoms with E-state index in [4.69, 9.17) is 9.47 Å². The standard InChI is InChI=1S/C12H15NO5/c1-3-18-12(14)11(17-2)8-9-4-6-10(7-5-9)13(15)16/h4-7,11H,3,8H2,1-2H3. The average molecular weight is 253 g/mol. The largest absolute Gasteiger partial charge is 0.464 e. The molecule has 1 aromatic rings. The molecule has 0 aromatic heterocycles. The van der Waals surface area contributed by atoms with Crippen LogP contribution in [0, 0.1) is 10.1 Å². The highest BCUT2D eigenvalue weighted by molar-refractivity contribution is 5.75. The van der Waals surface area contributed by atoms with Gasteiger partial charge in [-0.1, -0.05) is 12.1 Å². The van der Waals surface area contributed by atoms with Gasteiger partial charge in [0, 0.05) is 25.7 Å². The van der Waals surface area contributed by atoms with Gasteiger partial charge in [0.05, 0.1) is 11.5 Å². The van der Waals surface area contributed by atoms with Gasteiger partial charge in [-0.2, -0.15) is 0 Å². The summed E-state index contributed by atoms with van der Waals surface area (Å²) in [6.07, 6.45) is -0.362. The van der Waals surface area contributed by atoms with E-state index in [1.54, 1.807) is 19.1 Å². The summed E-state index contributed by atoms with van der Waals surface area (Å²) in [6.45, 7) is 2.01. The van der Waals surface area contributed by atoms with Crippen LogP contribution in [0.25, 0.3) is 0 Å². The summed E-state index contributed by atoms with van der Waals surface area (Å²) in [7, 11) is 1.42.